The number of pyridine rings is 1. The molecule has 86 valence electrons. The Bertz CT molecular complexity index is 388. The second kappa shape index (κ2) is 4.97. The van der Waals surface area contributed by atoms with Gasteiger partial charge in [-0.3, -0.25) is 0 Å². The van der Waals surface area contributed by atoms with Gasteiger partial charge < -0.3 is 10.6 Å². The van der Waals surface area contributed by atoms with Crippen molar-refractivity contribution in [2.75, 3.05) is 11.4 Å². The van der Waals surface area contributed by atoms with Crippen LogP contribution in [0.25, 0.3) is 0 Å². The third kappa shape index (κ3) is 2.44. The molecule has 0 unspecified atom stereocenters. The van der Waals surface area contributed by atoms with Crippen molar-refractivity contribution in [3.8, 4) is 0 Å². The van der Waals surface area contributed by atoms with Gasteiger partial charge in [-0.25, -0.2) is 4.98 Å². The molecule has 2 N–H and O–H groups in total. The average Bonchev–Trinajstić information content (AvgIpc) is 3.10. The van der Waals surface area contributed by atoms with E-state index >= 15 is 0 Å². The standard InChI is InChI=1S/C12H16BrN3/c1-2-5-16(11-3-4-11)12-9(7-14)6-10(13)8-15-12/h2,6,8,11H,1,3-5,7,14H2. The molecule has 0 spiro atoms. The summed E-state index contributed by atoms with van der Waals surface area (Å²) in [6, 6.07) is 2.66. The second-order valence-corrected chi connectivity index (χ2v) is 4.93. The zero-order valence-corrected chi connectivity index (χ0v) is 10.8. The first-order valence-corrected chi connectivity index (χ1v) is 6.27. The fourth-order valence-electron chi connectivity index (χ4n) is 1.82. The quantitative estimate of drug-likeness (QED) is 0.843. The van der Waals surface area contributed by atoms with Crippen LogP contribution in [0, 0.1) is 0 Å². The smallest absolute Gasteiger partial charge is 0.133 e. The number of halogens is 1. The van der Waals surface area contributed by atoms with Crippen molar-refractivity contribution in [1.29, 1.82) is 0 Å². The van der Waals surface area contributed by atoms with Gasteiger partial charge in [-0.2, -0.15) is 0 Å². The van der Waals surface area contributed by atoms with E-state index in [1.54, 1.807) is 0 Å². The van der Waals surface area contributed by atoms with Crippen LogP contribution in [0.1, 0.15) is 18.4 Å². The Morgan fingerprint density at radius 1 is 1.62 bits per heavy atom. The van der Waals surface area contributed by atoms with E-state index in [4.69, 9.17) is 5.73 Å². The van der Waals surface area contributed by atoms with Gasteiger partial charge in [-0.15, -0.1) is 6.58 Å². The summed E-state index contributed by atoms with van der Waals surface area (Å²) >= 11 is 3.42. The van der Waals surface area contributed by atoms with E-state index in [1.807, 2.05) is 18.3 Å². The van der Waals surface area contributed by atoms with Crippen molar-refractivity contribution in [2.45, 2.75) is 25.4 Å². The Kier molecular flexibility index (Phi) is 3.61. The normalized spacial score (nSPS) is 14.9. The molecule has 0 aliphatic heterocycles. The number of hydrogen-bond donors (Lipinski definition) is 1. The van der Waals surface area contributed by atoms with E-state index in [2.05, 4.69) is 32.4 Å². The van der Waals surface area contributed by atoms with Crippen LogP contribution in [0.5, 0.6) is 0 Å². The lowest BCUT2D eigenvalue weighted by molar-refractivity contribution is 0.825. The van der Waals surface area contributed by atoms with Crippen molar-refractivity contribution in [3.63, 3.8) is 0 Å². The molecular formula is C12H16BrN3. The lowest BCUT2D eigenvalue weighted by Crippen LogP contribution is -2.28. The average molecular weight is 282 g/mol. The number of anilines is 1. The second-order valence-electron chi connectivity index (χ2n) is 4.01. The molecule has 0 radical (unpaired) electrons. The molecule has 4 heteroatoms. The molecule has 1 aliphatic rings. The largest absolute Gasteiger partial charge is 0.350 e. The van der Waals surface area contributed by atoms with Crippen LogP contribution < -0.4 is 10.6 Å². The van der Waals surface area contributed by atoms with Crippen LogP contribution >= 0.6 is 15.9 Å². The van der Waals surface area contributed by atoms with Crippen molar-refractivity contribution >= 4 is 21.7 Å². The zero-order valence-electron chi connectivity index (χ0n) is 9.19. The first-order valence-electron chi connectivity index (χ1n) is 5.48. The maximum absolute atomic E-state index is 5.76. The van der Waals surface area contributed by atoms with Crippen LogP contribution in [0.15, 0.2) is 29.4 Å². The lowest BCUT2D eigenvalue weighted by Gasteiger charge is -2.24. The summed E-state index contributed by atoms with van der Waals surface area (Å²) < 4.78 is 0.978. The highest BCUT2D eigenvalue weighted by Crippen LogP contribution is 2.32. The molecule has 0 bridgehead atoms. The van der Waals surface area contributed by atoms with Gasteiger partial charge in [-0.05, 0) is 34.8 Å². The molecular weight excluding hydrogens is 266 g/mol. The van der Waals surface area contributed by atoms with E-state index in [-0.39, 0.29) is 0 Å². The van der Waals surface area contributed by atoms with Crippen molar-refractivity contribution in [2.24, 2.45) is 5.73 Å². The molecule has 0 amide bonds. The minimum Gasteiger partial charge on any atom is -0.350 e. The third-order valence-electron chi connectivity index (χ3n) is 2.71. The number of aromatic nitrogens is 1. The summed E-state index contributed by atoms with van der Waals surface area (Å²) in [5.74, 6) is 1.01. The molecule has 0 aromatic carbocycles. The van der Waals surface area contributed by atoms with Gasteiger partial charge in [-0.1, -0.05) is 6.08 Å². The summed E-state index contributed by atoms with van der Waals surface area (Å²) in [5, 5.41) is 0. The molecule has 0 atom stereocenters. The fraction of sp³-hybridized carbons (Fsp3) is 0.417. The van der Waals surface area contributed by atoms with Crippen LogP contribution in [0.3, 0.4) is 0 Å². The van der Waals surface area contributed by atoms with E-state index in [9.17, 15) is 0 Å². The summed E-state index contributed by atoms with van der Waals surface area (Å²) in [6.07, 6.45) is 6.24. The first kappa shape index (κ1) is 11.6. The molecule has 0 saturated heterocycles. The van der Waals surface area contributed by atoms with Crippen molar-refractivity contribution in [1.82, 2.24) is 4.98 Å². The zero-order chi connectivity index (χ0) is 11.5. The predicted molar refractivity (Wildman–Crippen MR) is 70.4 cm³/mol. The monoisotopic (exact) mass is 281 g/mol. The van der Waals surface area contributed by atoms with Gasteiger partial charge >= 0.3 is 0 Å². The number of hydrogen-bond acceptors (Lipinski definition) is 3. The highest BCUT2D eigenvalue weighted by atomic mass is 79.9. The lowest BCUT2D eigenvalue weighted by atomic mass is 10.2. The fourth-order valence-corrected chi connectivity index (χ4v) is 2.20. The molecule has 2 rings (SSSR count). The number of nitrogens with zero attached hydrogens (tertiary/aromatic N) is 2. The van der Waals surface area contributed by atoms with Crippen LogP contribution in [-0.2, 0) is 6.54 Å². The van der Waals surface area contributed by atoms with E-state index < -0.39 is 0 Å². The summed E-state index contributed by atoms with van der Waals surface area (Å²) in [7, 11) is 0. The summed E-state index contributed by atoms with van der Waals surface area (Å²) in [6.45, 7) is 5.15. The Balaban J connectivity index is 2.31. The molecule has 16 heavy (non-hydrogen) atoms. The van der Waals surface area contributed by atoms with Crippen molar-refractivity contribution in [3.05, 3.63) is 35.0 Å². The SMILES string of the molecule is C=CCN(c1ncc(Br)cc1CN)C1CC1. The maximum Gasteiger partial charge on any atom is 0.133 e. The molecule has 1 heterocycles. The Morgan fingerprint density at radius 3 is 2.94 bits per heavy atom. The molecule has 1 saturated carbocycles. The maximum atomic E-state index is 5.76. The minimum atomic E-state index is 0.516. The highest BCUT2D eigenvalue weighted by Gasteiger charge is 2.30. The molecule has 1 aliphatic carbocycles. The number of nitrogens with two attached hydrogens (primary N) is 1. The number of rotatable bonds is 5. The highest BCUT2D eigenvalue weighted by molar-refractivity contribution is 9.10. The van der Waals surface area contributed by atoms with Gasteiger partial charge in [0.25, 0.3) is 0 Å². The van der Waals surface area contributed by atoms with E-state index in [0.717, 1.165) is 22.4 Å². The van der Waals surface area contributed by atoms with E-state index in [0.29, 0.717) is 12.6 Å². The summed E-state index contributed by atoms with van der Waals surface area (Å²) in [4.78, 5) is 6.77. The van der Waals surface area contributed by atoms with Gasteiger partial charge in [0.05, 0.1) is 0 Å². The van der Waals surface area contributed by atoms with E-state index in [1.165, 1.54) is 12.8 Å². The van der Waals surface area contributed by atoms with Crippen LogP contribution in [0.2, 0.25) is 0 Å². The first-order chi connectivity index (χ1) is 7.76. The Morgan fingerprint density at radius 2 is 2.38 bits per heavy atom. The van der Waals surface area contributed by atoms with Gasteiger partial charge in [0.2, 0.25) is 0 Å². The van der Waals surface area contributed by atoms with Crippen molar-refractivity contribution < 1.29 is 0 Å². The summed E-state index contributed by atoms with van der Waals surface area (Å²) in [5.41, 5.74) is 6.85. The molecule has 1 aromatic heterocycles. The Labute approximate surface area is 104 Å². The topological polar surface area (TPSA) is 42.2 Å². The van der Waals surface area contributed by atoms with Crippen LogP contribution in [-0.4, -0.2) is 17.6 Å². The molecule has 1 aromatic rings. The third-order valence-corrected chi connectivity index (χ3v) is 3.15. The van der Waals surface area contributed by atoms with Gasteiger partial charge in [0, 0.05) is 35.4 Å². The van der Waals surface area contributed by atoms with Crippen LogP contribution in [0.4, 0.5) is 5.82 Å². The Hall–Kier alpha value is -0.870. The minimum absolute atomic E-state index is 0.516. The predicted octanol–water partition coefficient (Wildman–Crippen LogP) is 2.46. The van der Waals surface area contributed by atoms with Gasteiger partial charge in [0.15, 0.2) is 0 Å². The molecule has 3 nitrogen and oxygen atoms in total. The molecule has 1 fully saturated rings. The van der Waals surface area contributed by atoms with Gasteiger partial charge in [0.1, 0.15) is 5.82 Å².